The van der Waals surface area contributed by atoms with Crippen molar-refractivity contribution in [3.63, 3.8) is 0 Å². The third kappa shape index (κ3) is 4.16. The van der Waals surface area contributed by atoms with E-state index in [1.165, 1.54) is 18.4 Å². The highest BCUT2D eigenvalue weighted by molar-refractivity contribution is 7.98. The molecule has 0 fully saturated rings. The lowest BCUT2D eigenvalue weighted by Gasteiger charge is -2.13. The molecular weight excluding hydrogens is 312 g/mol. The van der Waals surface area contributed by atoms with E-state index in [-0.39, 0.29) is 5.69 Å². The van der Waals surface area contributed by atoms with Gasteiger partial charge in [0.15, 0.2) is 0 Å². The first-order valence-corrected chi connectivity index (χ1v) is 8.24. The smallest absolute Gasteiger partial charge is 0.341 e. The van der Waals surface area contributed by atoms with Crippen LogP contribution < -0.4 is 11.3 Å². The number of carbonyl (C=O) groups excluding carboxylic acids is 1. The lowest BCUT2D eigenvalue weighted by atomic mass is 10.2. The predicted octanol–water partition coefficient (Wildman–Crippen LogP) is 3.29. The summed E-state index contributed by atoms with van der Waals surface area (Å²) in [5.74, 6) is 0.0916. The SMILES string of the molecule is CC[CH]OC(=O)c1c(C)[nH]c(=O)c(N)c1SCc1ccccc1. The van der Waals surface area contributed by atoms with Crippen molar-refractivity contribution >= 4 is 23.4 Å². The van der Waals surface area contributed by atoms with E-state index in [0.29, 0.717) is 28.3 Å². The van der Waals surface area contributed by atoms with E-state index in [2.05, 4.69) is 4.98 Å². The first kappa shape index (κ1) is 17.1. The average molecular weight is 331 g/mol. The van der Waals surface area contributed by atoms with Crippen LogP contribution in [0.15, 0.2) is 40.0 Å². The zero-order valence-corrected chi connectivity index (χ0v) is 13.9. The minimum atomic E-state index is -0.511. The number of hydrogen-bond donors (Lipinski definition) is 2. The lowest BCUT2D eigenvalue weighted by molar-refractivity contribution is 0.0596. The molecule has 23 heavy (non-hydrogen) atoms. The number of nitrogens with two attached hydrogens (primary N) is 1. The molecule has 1 radical (unpaired) electrons. The van der Waals surface area contributed by atoms with Gasteiger partial charge in [-0.3, -0.25) is 4.79 Å². The number of ether oxygens (including phenoxy) is 1. The Hall–Kier alpha value is -2.21. The summed E-state index contributed by atoms with van der Waals surface area (Å²) < 4.78 is 5.09. The average Bonchev–Trinajstić information content (AvgIpc) is 2.55. The molecule has 1 aromatic heterocycles. The van der Waals surface area contributed by atoms with Gasteiger partial charge in [0, 0.05) is 11.4 Å². The van der Waals surface area contributed by atoms with Gasteiger partial charge in [-0.1, -0.05) is 37.3 Å². The summed E-state index contributed by atoms with van der Waals surface area (Å²) in [5.41, 5.74) is 7.39. The van der Waals surface area contributed by atoms with Crippen LogP contribution in [0.25, 0.3) is 0 Å². The van der Waals surface area contributed by atoms with Crippen LogP contribution in [-0.4, -0.2) is 11.0 Å². The molecule has 0 spiro atoms. The number of hydrogen-bond acceptors (Lipinski definition) is 5. The third-order valence-electron chi connectivity index (χ3n) is 3.18. The number of aryl methyl sites for hydroxylation is 1. The van der Waals surface area contributed by atoms with E-state index in [0.717, 1.165) is 5.56 Å². The lowest BCUT2D eigenvalue weighted by Crippen LogP contribution is -2.20. The van der Waals surface area contributed by atoms with Crippen molar-refractivity contribution in [2.75, 3.05) is 5.73 Å². The highest BCUT2D eigenvalue weighted by Crippen LogP contribution is 2.31. The van der Waals surface area contributed by atoms with Crippen LogP contribution in [0.3, 0.4) is 0 Å². The Kier molecular flexibility index (Phi) is 5.87. The molecule has 0 unspecified atom stereocenters. The first-order chi connectivity index (χ1) is 11.0. The standard InChI is InChI=1S/C17H19N2O3S/c1-3-9-22-17(21)13-11(2)19-16(20)14(18)15(13)23-10-12-7-5-4-6-8-12/h4-9H,3,10,18H2,1-2H3,(H,19,20). The van der Waals surface area contributed by atoms with Crippen LogP contribution in [0.1, 0.15) is 35.0 Å². The van der Waals surface area contributed by atoms with Crippen molar-refractivity contribution in [2.45, 2.75) is 30.9 Å². The molecule has 0 saturated heterocycles. The maximum absolute atomic E-state index is 12.3. The van der Waals surface area contributed by atoms with Gasteiger partial charge in [0.05, 0.1) is 10.5 Å². The Morgan fingerprint density at radius 2 is 2.04 bits per heavy atom. The molecule has 1 heterocycles. The van der Waals surface area contributed by atoms with Crippen LogP contribution in [0.2, 0.25) is 0 Å². The van der Waals surface area contributed by atoms with Gasteiger partial charge in [0.25, 0.3) is 5.56 Å². The summed E-state index contributed by atoms with van der Waals surface area (Å²) in [6.45, 7) is 4.96. The quantitative estimate of drug-likeness (QED) is 0.627. The molecule has 0 aliphatic carbocycles. The van der Waals surface area contributed by atoms with Crippen molar-refractivity contribution in [3.05, 3.63) is 64.1 Å². The molecule has 1 aromatic carbocycles. The maximum Gasteiger partial charge on any atom is 0.341 e. The van der Waals surface area contributed by atoms with Gasteiger partial charge >= 0.3 is 5.97 Å². The molecule has 0 amide bonds. The number of pyridine rings is 1. The number of thioether (sulfide) groups is 1. The van der Waals surface area contributed by atoms with Crippen LogP contribution in [0, 0.1) is 13.5 Å². The molecule has 0 bridgehead atoms. The van der Waals surface area contributed by atoms with Crippen LogP contribution in [-0.2, 0) is 10.5 Å². The van der Waals surface area contributed by atoms with Crippen LogP contribution in [0.5, 0.6) is 0 Å². The summed E-state index contributed by atoms with van der Waals surface area (Å²) in [6.07, 6.45) is 0.607. The van der Waals surface area contributed by atoms with Crippen molar-refractivity contribution in [1.82, 2.24) is 4.98 Å². The summed E-state index contributed by atoms with van der Waals surface area (Å²) >= 11 is 1.36. The molecule has 3 N–H and O–H groups in total. The fraction of sp³-hybridized carbons (Fsp3) is 0.235. The Morgan fingerprint density at radius 3 is 2.70 bits per heavy atom. The Balaban J connectivity index is 2.35. The molecule has 0 saturated carbocycles. The summed E-state index contributed by atoms with van der Waals surface area (Å²) in [4.78, 5) is 27.2. The molecular formula is C17H19N2O3S. The van der Waals surface area contributed by atoms with Gasteiger partial charge in [-0.25, -0.2) is 4.79 Å². The normalized spacial score (nSPS) is 10.5. The molecule has 5 nitrogen and oxygen atoms in total. The molecule has 6 heteroatoms. The molecule has 0 aliphatic heterocycles. The largest absolute Gasteiger partial charge is 0.455 e. The van der Waals surface area contributed by atoms with Gasteiger partial charge in [0.1, 0.15) is 12.3 Å². The zero-order chi connectivity index (χ0) is 16.8. The van der Waals surface area contributed by atoms with Gasteiger partial charge in [-0.05, 0) is 18.9 Å². The minimum absolute atomic E-state index is 0.0416. The number of H-pyrrole nitrogens is 1. The number of aromatic nitrogens is 1. The zero-order valence-electron chi connectivity index (χ0n) is 13.1. The van der Waals surface area contributed by atoms with Crippen molar-refractivity contribution < 1.29 is 9.53 Å². The summed E-state index contributed by atoms with van der Waals surface area (Å²) in [6, 6.07) is 9.77. The topological polar surface area (TPSA) is 85.2 Å². The van der Waals surface area contributed by atoms with Crippen LogP contribution in [0.4, 0.5) is 5.69 Å². The number of aromatic amines is 1. The number of benzene rings is 1. The number of rotatable bonds is 6. The van der Waals surface area contributed by atoms with E-state index in [4.69, 9.17) is 10.5 Å². The maximum atomic E-state index is 12.3. The highest BCUT2D eigenvalue weighted by Gasteiger charge is 2.21. The van der Waals surface area contributed by atoms with E-state index in [9.17, 15) is 9.59 Å². The van der Waals surface area contributed by atoms with Crippen molar-refractivity contribution in [1.29, 1.82) is 0 Å². The number of anilines is 1. The van der Waals surface area contributed by atoms with E-state index >= 15 is 0 Å². The van der Waals surface area contributed by atoms with Crippen LogP contribution >= 0.6 is 11.8 Å². The van der Waals surface area contributed by atoms with Gasteiger partial charge in [0.2, 0.25) is 0 Å². The number of esters is 1. The molecule has 0 atom stereocenters. The first-order valence-electron chi connectivity index (χ1n) is 7.26. The Morgan fingerprint density at radius 1 is 1.35 bits per heavy atom. The third-order valence-corrected chi connectivity index (χ3v) is 4.37. The van der Waals surface area contributed by atoms with Crippen molar-refractivity contribution in [2.24, 2.45) is 0 Å². The van der Waals surface area contributed by atoms with E-state index in [1.807, 2.05) is 37.3 Å². The van der Waals surface area contributed by atoms with Gasteiger partial charge < -0.3 is 15.5 Å². The molecule has 2 aromatic rings. The number of nitrogen functional groups attached to an aromatic ring is 1. The molecule has 2 rings (SSSR count). The second-order valence-corrected chi connectivity index (χ2v) is 5.94. The molecule has 0 aliphatic rings. The number of carbonyl (C=O) groups is 1. The summed E-state index contributed by atoms with van der Waals surface area (Å²) in [7, 11) is 0. The minimum Gasteiger partial charge on any atom is -0.455 e. The van der Waals surface area contributed by atoms with E-state index < -0.39 is 11.5 Å². The molecule has 121 valence electrons. The second-order valence-electron chi connectivity index (χ2n) is 4.95. The fourth-order valence-corrected chi connectivity index (χ4v) is 3.18. The highest BCUT2D eigenvalue weighted by atomic mass is 32.2. The Bertz CT molecular complexity index is 741. The van der Waals surface area contributed by atoms with E-state index in [1.54, 1.807) is 6.92 Å². The Labute approximate surface area is 139 Å². The predicted molar refractivity (Wildman–Crippen MR) is 92.2 cm³/mol. The van der Waals surface area contributed by atoms with Gasteiger partial charge in [-0.2, -0.15) is 0 Å². The number of nitrogens with one attached hydrogen (secondary N) is 1. The monoisotopic (exact) mass is 331 g/mol. The fourth-order valence-electron chi connectivity index (χ4n) is 2.05. The van der Waals surface area contributed by atoms with Gasteiger partial charge in [-0.15, -0.1) is 11.8 Å². The summed E-state index contributed by atoms with van der Waals surface area (Å²) in [5, 5.41) is 0. The van der Waals surface area contributed by atoms with Crippen molar-refractivity contribution in [3.8, 4) is 0 Å². The second kappa shape index (κ2) is 7.87.